The van der Waals surface area contributed by atoms with Gasteiger partial charge < -0.3 is 14.6 Å². The zero-order chi connectivity index (χ0) is 22.4. The monoisotopic (exact) mass is 440 g/mol. The molecule has 0 bridgehead atoms. The standard InChI is InChI=1S/C24H28N2O4S/c1-24(2,3)30-23(27)25-16-10-12-21-19(14-16)20-15-18(11-13-22(20)26(21)4)31(28,29)17-8-6-5-7-9-17/h5-9,11,13,15-16H,10,12,14H2,1-4H3,(H,25,27)/t16-/m1/s1. The Bertz CT molecular complexity index is 1240. The van der Waals surface area contributed by atoms with E-state index in [0.29, 0.717) is 6.42 Å². The van der Waals surface area contributed by atoms with Gasteiger partial charge in [-0.2, -0.15) is 0 Å². The molecule has 0 fully saturated rings. The zero-order valence-electron chi connectivity index (χ0n) is 18.3. The van der Waals surface area contributed by atoms with Gasteiger partial charge in [0.15, 0.2) is 0 Å². The van der Waals surface area contributed by atoms with E-state index >= 15 is 0 Å². The van der Waals surface area contributed by atoms with E-state index in [0.717, 1.165) is 29.3 Å². The molecule has 1 aliphatic carbocycles. The Morgan fingerprint density at radius 2 is 1.81 bits per heavy atom. The number of amides is 1. The molecule has 0 radical (unpaired) electrons. The van der Waals surface area contributed by atoms with Gasteiger partial charge in [-0.3, -0.25) is 0 Å². The van der Waals surface area contributed by atoms with Crippen LogP contribution in [0.2, 0.25) is 0 Å². The maximum atomic E-state index is 13.1. The molecule has 0 spiro atoms. The van der Waals surface area contributed by atoms with Crippen LogP contribution in [0.1, 0.15) is 38.4 Å². The predicted octanol–water partition coefficient (Wildman–Crippen LogP) is 4.39. The van der Waals surface area contributed by atoms with Crippen LogP contribution >= 0.6 is 0 Å². The number of aryl methyl sites for hydroxylation is 1. The maximum Gasteiger partial charge on any atom is 0.407 e. The summed E-state index contributed by atoms with van der Waals surface area (Å²) < 4.78 is 33.8. The molecule has 0 saturated heterocycles. The summed E-state index contributed by atoms with van der Waals surface area (Å²) in [5.74, 6) is 0. The number of aromatic nitrogens is 1. The van der Waals surface area contributed by atoms with E-state index in [4.69, 9.17) is 4.74 Å². The van der Waals surface area contributed by atoms with Gasteiger partial charge in [0.2, 0.25) is 9.84 Å². The smallest absolute Gasteiger partial charge is 0.407 e. The zero-order valence-corrected chi connectivity index (χ0v) is 19.1. The van der Waals surface area contributed by atoms with Gasteiger partial charge in [-0.05, 0) is 75.9 Å². The van der Waals surface area contributed by atoms with E-state index in [1.54, 1.807) is 42.5 Å². The lowest BCUT2D eigenvalue weighted by Gasteiger charge is -2.26. The van der Waals surface area contributed by atoms with Crippen molar-refractivity contribution in [1.29, 1.82) is 0 Å². The van der Waals surface area contributed by atoms with Gasteiger partial charge in [-0.15, -0.1) is 0 Å². The summed E-state index contributed by atoms with van der Waals surface area (Å²) in [6.45, 7) is 5.51. The number of nitrogens with one attached hydrogen (secondary N) is 1. The number of hydrogen-bond donors (Lipinski definition) is 1. The third-order valence-electron chi connectivity index (χ3n) is 5.67. The molecule has 1 N–H and O–H groups in total. The molecule has 0 aliphatic heterocycles. The molecule has 1 amide bonds. The van der Waals surface area contributed by atoms with Crippen molar-refractivity contribution in [2.45, 2.75) is 61.5 Å². The lowest BCUT2D eigenvalue weighted by molar-refractivity contribution is 0.0500. The number of benzene rings is 2. The third-order valence-corrected chi connectivity index (χ3v) is 7.44. The maximum absolute atomic E-state index is 13.1. The molecule has 31 heavy (non-hydrogen) atoms. The molecular weight excluding hydrogens is 412 g/mol. The molecule has 0 unspecified atom stereocenters. The molecule has 3 aromatic rings. The first-order valence-corrected chi connectivity index (χ1v) is 11.9. The molecule has 6 nitrogen and oxygen atoms in total. The van der Waals surface area contributed by atoms with Crippen LogP contribution in [-0.2, 0) is 34.5 Å². The molecule has 1 aromatic heterocycles. The second-order valence-electron chi connectivity index (χ2n) is 9.07. The highest BCUT2D eigenvalue weighted by Gasteiger charge is 2.28. The fourth-order valence-corrected chi connectivity index (χ4v) is 5.57. The van der Waals surface area contributed by atoms with E-state index in [1.807, 2.05) is 33.9 Å². The van der Waals surface area contributed by atoms with E-state index in [2.05, 4.69) is 9.88 Å². The molecule has 7 heteroatoms. The first-order chi connectivity index (χ1) is 14.6. The number of hydrogen-bond acceptors (Lipinski definition) is 4. The molecule has 1 aliphatic rings. The Morgan fingerprint density at radius 1 is 1.10 bits per heavy atom. The highest BCUT2D eigenvalue weighted by atomic mass is 32.2. The normalized spacial score (nSPS) is 16.7. The Kier molecular flexibility index (Phi) is 5.33. The summed E-state index contributed by atoms with van der Waals surface area (Å²) in [5.41, 5.74) is 2.72. The van der Waals surface area contributed by atoms with Crippen molar-refractivity contribution in [1.82, 2.24) is 9.88 Å². The van der Waals surface area contributed by atoms with Crippen LogP contribution in [0, 0.1) is 0 Å². The van der Waals surface area contributed by atoms with Gasteiger partial charge in [-0.1, -0.05) is 18.2 Å². The average molecular weight is 441 g/mol. The quantitative estimate of drug-likeness (QED) is 0.655. The minimum atomic E-state index is -3.60. The van der Waals surface area contributed by atoms with Crippen LogP contribution in [0.5, 0.6) is 0 Å². The van der Waals surface area contributed by atoms with Crippen LogP contribution in [0.3, 0.4) is 0 Å². The van der Waals surface area contributed by atoms with Crippen molar-refractivity contribution in [3.63, 3.8) is 0 Å². The highest BCUT2D eigenvalue weighted by molar-refractivity contribution is 7.91. The fourth-order valence-electron chi connectivity index (χ4n) is 4.26. The molecule has 1 atom stereocenters. The third kappa shape index (κ3) is 4.19. The van der Waals surface area contributed by atoms with E-state index < -0.39 is 21.5 Å². The number of ether oxygens (including phenoxy) is 1. The average Bonchev–Trinajstić information content (AvgIpc) is 2.98. The summed E-state index contributed by atoms with van der Waals surface area (Å²) in [7, 11) is -1.59. The van der Waals surface area contributed by atoms with Gasteiger partial charge in [-0.25, -0.2) is 13.2 Å². The minimum absolute atomic E-state index is 0.0534. The number of carbonyl (C=O) groups is 1. The highest BCUT2D eigenvalue weighted by Crippen LogP contribution is 2.34. The lowest BCUT2D eigenvalue weighted by atomic mass is 9.91. The van der Waals surface area contributed by atoms with Crippen molar-refractivity contribution >= 4 is 26.8 Å². The summed E-state index contributed by atoms with van der Waals surface area (Å²) >= 11 is 0. The predicted molar refractivity (Wildman–Crippen MR) is 120 cm³/mol. The van der Waals surface area contributed by atoms with Crippen molar-refractivity contribution < 1.29 is 17.9 Å². The van der Waals surface area contributed by atoms with Crippen molar-refractivity contribution in [2.24, 2.45) is 7.05 Å². The largest absolute Gasteiger partial charge is 0.444 e. The first-order valence-electron chi connectivity index (χ1n) is 10.5. The SMILES string of the molecule is Cn1c2c(c3cc(S(=O)(=O)c4ccccc4)ccc31)C[C@H](NC(=O)OC(C)(C)C)CC2. The van der Waals surface area contributed by atoms with E-state index in [1.165, 1.54) is 5.69 Å². The van der Waals surface area contributed by atoms with Crippen LogP contribution in [-0.4, -0.2) is 30.7 Å². The minimum Gasteiger partial charge on any atom is -0.444 e. The van der Waals surface area contributed by atoms with Crippen molar-refractivity contribution in [2.75, 3.05) is 0 Å². The van der Waals surface area contributed by atoms with Gasteiger partial charge in [0.25, 0.3) is 0 Å². The molecular formula is C24H28N2O4S. The summed E-state index contributed by atoms with van der Waals surface area (Å²) in [6, 6.07) is 13.7. The van der Waals surface area contributed by atoms with Gasteiger partial charge >= 0.3 is 6.09 Å². The first kappa shape index (κ1) is 21.4. The van der Waals surface area contributed by atoms with Crippen LogP contribution < -0.4 is 5.32 Å². The topological polar surface area (TPSA) is 77.4 Å². The van der Waals surface area contributed by atoms with Crippen LogP contribution in [0.15, 0.2) is 58.3 Å². The summed E-state index contributed by atoms with van der Waals surface area (Å²) in [4.78, 5) is 12.8. The Balaban J connectivity index is 1.68. The summed E-state index contributed by atoms with van der Waals surface area (Å²) in [6.07, 6.45) is 1.84. The second kappa shape index (κ2) is 7.71. The number of carbonyl (C=O) groups excluding carboxylic acids is 1. The molecule has 164 valence electrons. The molecule has 2 aromatic carbocycles. The van der Waals surface area contributed by atoms with Crippen LogP contribution in [0.4, 0.5) is 4.79 Å². The lowest BCUT2D eigenvalue weighted by Crippen LogP contribution is -2.41. The number of alkyl carbamates (subject to hydrolysis) is 1. The Hall–Kier alpha value is -2.80. The Morgan fingerprint density at radius 3 is 2.48 bits per heavy atom. The van der Waals surface area contributed by atoms with Gasteiger partial charge in [0.1, 0.15) is 5.60 Å². The number of fused-ring (bicyclic) bond motifs is 3. The van der Waals surface area contributed by atoms with Crippen LogP contribution in [0.25, 0.3) is 10.9 Å². The van der Waals surface area contributed by atoms with Gasteiger partial charge in [0, 0.05) is 29.7 Å². The van der Waals surface area contributed by atoms with E-state index in [9.17, 15) is 13.2 Å². The van der Waals surface area contributed by atoms with Crippen molar-refractivity contribution in [3.8, 4) is 0 Å². The fraction of sp³-hybridized carbons (Fsp3) is 0.375. The number of nitrogens with zero attached hydrogens (tertiary/aromatic N) is 1. The summed E-state index contributed by atoms with van der Waals surface area (Å²) in [5, 5.41) is 3.89. The second-order valence-corrected chi connectivity index (χ2v) is 11.0. The molecule has 1 heterocycles. The molecule has 0 saturated carbocycles. The number of rotatable bonds is 3. The van der Waals surface area contributed by atoms with Gasteiger partial charge in [0.05, 0.1) is 9.79 Å². The number of sulfone groups is 1. The van der Waals surface area contributed by atoms with E-state index in [-0.39, 0.29) is 15.8 Å². The Labute approximate surface area is 183 Å². The van der Waals surface area contributed by atoms with Crippen molar-refractivity contribution in [3.05, 3.63) is 59.8 Å². The molecule has 4 rings (SSSR count).